The summed E-state index contributed by atoms with van der Waals surface area (Å²) in [6, 6.07) is 3.20. The number of rotatable bonds is 3. The maximum Gasteiger partial charge on any atom is 0.339 e. The molecule has 0 spiro atoms. The fourth-order valence-electron chi connectivity index (χ4n) is 2.46. The highest BCUT2D eigenvalue weighted by atomic mass is 35.5. The molecule has 0 bridgehead atoms. The highest BCUT2D eigenvalue weighted by molar-refractivity contribution is 6.29. The number of pyridine rings is 1. The summed E-state index contributed by atoms with van der Waals surface area (Å²) < 4.78 is 0. The summed E-state index contributed by atoms with van der Waals surface area (Å²) in [5.74, 6) is -0.199. The smallest absolute Gasteiger partial charge is 0.339 e. The van der Waals surface area contributed by atoms with Gasteiger partial charge in [-0.3, -0.25) is 0 Å². The molecule has 5 nitrogen and oxygen atoms in total. The highest BCUT2D eigenvalue weighted by Gasteiger charge is 2.25. The molecule has 2 heterocycles. The molecule has 1 aromatic rings. The Hall–Kier alpha value is -1.33. The Labute approximate surface area is 117 Å². The van der Waals surface area contributed by atoms with E-state index < -0.39 is 5.97 Å². The molecular formula is C13H18ClN3O2. The van der Waals surface area contributed by atoms with Crippen LogP contribution in [0.5, 0.6) is 0 Å². The minimum Gasteiger partial charge on any atom is -0.478 e. The Morgan fingerprint density at radius 3 is 2.95 bits per heavy atom. The number of nitrogens with one attached hydrogen (secondary N) is 1. The maximum atomic E-state index is 11.2. The van der Waals surface area contributed by atoms with E-state index in [1.807, 2.05) is 0 Å². The molecule has 1 fully saturated rings. The second-order valence-electron chi connectivity index (χ2n) is 5.11. The molecule has 0 saturated carbocycles. The van der Waals surface area contributed by atoms with Gasteiger partial charge in [-0.2, -0.15) is 0 Å². The lowest BCUT2D eigenvalue weighted by Crippen LogP contribution is -2.43. The lowest BCUT2D eigenvalue weighted by Gasteiger charge is -2.35. The van der Waals surface area contributed by atoms with Gasteiger partial charge in [-0.25, -0.2) is 9.78 Å². The molecule has 1 aromatic heterocycles. The van der Waals surface area contributed by atoms with Crippen molar-refractivity contribution in [1.82, 2.24) is 9.88 Å². The number of aromatic carboxylic acids is 1. The van der Waals surface area contributed by atoms with Crippen LogP contribution in [0.25, 0.3) is 0 Å². The summed E-state index contributed by atoms with van der Waals surface area (Å²) >= 11 is 5.85. The van der Waals surface area contributed by atoms with Gasteiger partial charge in [0.05, 0.1) is 0 Å². The number of nitrogens with zero attached hydrogens (tertiary/aromatic N) is 2. The van der Waals surface area contributed by atoms with Crippen molar-refractivity contribution in [3.05, 3.63) is 22.8 Å². The first-order chi connectivity index (χ1) is 8.97. The number of piperidine rings is 1. The minimum atomic E-state index is -0.993. The number of hydrogen-bond donors (Lipinski definition) is 2. The van der Waals surface area contributed by atoms with Crippen LogP contribution in [-0.4, -0.2) is 47.1 Å². The molecule has 0 aromatic carbocycles. The van der Waals surface area contributed by atoms with Crippen LogP contribution in [0.4, 0.5) is 5.82 Å². The molecule has 1 aliphatic rings. The third kappa shape index (κ3) is 3.36. The predicted molar refractivity (Wildman–Crippen MR) is 74.9 cm³/mol. The van der Waals surface area contributed by atoms with Gasteiger partial charge in [-0.1, -0.05) is 18.5 Å². The van der Waals surface area contributed by atoms with E-state index >= 15 is 0 Å². The number of aromatic nitrogens is 1. The van der Waals surface area contributed by atoms with Crippen molar-refractivity contribution in [3.63, 3.8) is 0 Å². The quantitative estimate of drug-likeness (QED) is 0.833. The maximum absolute atomic E-state index is 11.2. The fourth-order valence-corrected chi connectivity index (χ4v) is 2.61. The van der Waals surface area contributed by atoms with Crippen LogP contribution >= 0.6 is 11.6 Å². The molecule has 0 amide bonds. The molecule has 2 atom stereocenters. The Balaban J connectivity index is 2.18. The number of carboxylic acids is 1. The first-order valence-electron chi connectivity index (χ1n) is 6.32. The summed E-state index contributed by atoms with van der Waals surface area (Å²) in [6.07, 6.45) is 0.963. The summed E-state index contributed by atoms with van der Waals surface area (Å²) in [6.45, 7) is 4.13. The molecular weight excluding hydrogens is 266 g/mol. The van der Waals surface area contributed by atoms with E-state index in [9.17, 15) is 4.79 Å². The molecule has 1 aliphatic heterocycles. The number of carboxylic acid groups (broad SMARTS) is 1. The van der Waals surface area contributed by atoms with Gasteiger partial charge in [-0.05, 0) is 38.1 Å². The molecule has 2 unspecified atom stereocenters. The van der Waals surface area contributed by atoms with Gasteiger partial charge >= 0.3 is 5.97 Å². The first kappa shape index (κ1) is 14.1. The van der Waals surface area contributed by atoms with Gasteiger partial charge in [0.25, 0.3) is 0 Å². The van der Waals surface area contributed by atoms with Crippen molar-refractivity contribution in [2.24, 2.45) is 5.92 Å². The van der Waals surface area contributed by atoms with E-state index in [-0.39, 0.29) is 11.6 Å². The van der Waals surface area contributed by atoms with Crippen molar-refractivity contribution < 1.29 is 9.90 Å². The third-order valence-corrected chi connectivity index (χ3v) is 3.73. The van der Waals surface area contributed by atoms with Gasteiger partial charge in [0.2, 0.25) is 0 Å². The van der Waals surface area contributed by atoms with Crippen LogP contribution in [-0.2, 0) is 0 Å². The average molecular weight is 284 g/mol. The molecule has 104 valence electrons. The van der Waals surface area contributed by atoms with E-state index in [2.05, 4.69) is 29.2 Å². The Morgan fingerprint density at radius 1 is 1.58 bits per heavy atom. The Kier molecular flexibility index (Phi) is 4.27. The van der Waals surface area contributed by atoms with Crippen LogP contribution in [0.3, 0.4) is 0 Å². The van der Waals surface area contributed by atoms with E-state index in [4.69, 9.17) is 16.7 Å². The largest absolute Gasteiger partial charge is 0.478 e. The highest BCUT2D eigenvalue weighted by Crippen LogP contribution is 2.23. The lowest BCUT2D eigenvalue weighted by molar-refractivity contribution is 0.0697. The zero-order chi connectivity index (χ0) is 14.0. The molecule has 2 N–H and O–H groups in total. The fraction of sp³-hybridized carbons (Fsp3) is 0.538. The molecule has 2 rings (SSSR count). The van der Waals surface area contributed by atoms with E-state index in [0.29, 0.717) is 16.9 Å². The SMILES string of the molecule is CC1CN(C)CCC1Nc1nc(Cl)ccc1C(=O)O. The summed E-state index contributed by atoms with van der Waals surface area (Å²) in [5, 5.41) is 12.7. The number of likely N-dealkylation sites (tertiary alicyclic amines) is 1. The van der Waals surface area contributed by atoms with Gasteiger partial charge < -0.3 is 15.3 Å². The average Bonchev–Trinajstić information content (AvgIpc) is 2.32. The second-order valence-corrected chi connectivity index (χ2v) is 5.50. The molecule has 19 heavy (non-hydrogen) atoms. The minimum absolute atomic E-state index is 0.163. The van der Waals surface area contributed by atoms with E-state index in [0.717, 1.165) is 19.5 Å². The zero-order valence-electron chi connectivity index (χ0n) is 11.1. The number of anilines is 1. The molecule has 6 heteroatoms. The predicted octanol–water partition coefficient (Wildman–Crippen LogP) is 2.19. The van der Waals surface area contributed by atoms with Crippen molar-refractivity contribution in [2.75, 3.05) is 25.5 Å². The number of hydrogen-bond acceptors (Lipinski definition) is 4. The van der Waals surface area contributed by atoms with Gasteiger partial charge in [-0.15, -0.1) is 0 Å². The Morgan fingerprint density at radius 2 is 2.32 bits per heavy atom. The second kappa shape index (κ2) is 5.75. The summed E-state index contributed by atoms with van der Waals surface area (Å²) in [5.41, 5.74) is 0.163. The van der Waals surface area contributed by atoms with E-state index in [1.54, 1.807) is 0 Å². The van der Waals surface area contributed by atoms with Crippen LogP contribution < -0.4 is 5.32 Å². The van der Waals surface area contributed by atoms with Crippen LogP contribution in [0.2, 0.25) is 5.15 Å². The van der Waals surface area contributed by atoms with Gasteiger partial charge in [0, 0.05) is 12.6 Å². The standard InChI is InChI=1S/C13H18ClN3O2/c1-8-7-17(2)6-5-10(8)15-12-9(13(18)19)3-4-11(14)16-12/h3-4,8,10H,5-7H2,1-2H3,(H,15,16)(H,18,19). The van der Waals surface area contributed by atoms with Crippen LogP contribution in [0.15, 0.2) is 12.1 Å². The van der Waals surface area contributed by atoms with Crippen molar-refractivity contribution in [1.29, 1.82) is 0 Å². The third-order valence-electron chi connectivity index (χ3n) is 3.52. The van der Waals surface area contributed by atoms with Crippen molar-refractivity contribution in [2.45, 2.75) is 19.4 Å². The van der Waals surface area contributed by atoms with E-state index in [1.165, 1.54) is 12.1 Å². The van der Waals surface area contributed by atoms with Crippen molar-refractivity contribution >= 4 is 23.4 Å². The lowest BCUT2D eigenvalue weighted by atomic mass is 9.94. The first-order valence-corrected chi connectivity index (χ1v) is 6.70. The number of halogens is 1. The summed E-state index contributed by atoms with van der Waals surface area (Å²) in [7, 11) is 2.09. The summed E-state index contributed by atoms with van der Waals surface area (Å²) in [4.78, 5) is 17.5. The van der Waals surface area contributed by atoms with Crippen LogP contribution in [0, 0.1) is 5.92 Å². The normalized spacial score (nSPS) is 24.2. The topological polar surface area (TPSA) is 65.5 Å². The molecule has 1 saturated heterocycles. The monoisotopic (exact) mass is 283 g/mol. The van der Waals surface area contributed by atoms with Crippen LogP contribution in [0.1, 0.15) is 23.7 Å². The van der Waals surface area contributed by atoms with Gasteiger partial charge in [0.1, 0.15) is 16.5 Å². The Bertz CT molecular complexity index is 481. The molecule has 0 radical (unpaired) electrons. The van der Waals surface area contributed by atoms with Gasteiger partial charge in [0.15, 0.2) is 0 Å². The molecule has 0 aliphatic carbocycles. The zero-order valence-corrected chi connectivity index (χ0v) is 11.8. The number of carbonyl (C=O) groups is 1. The van der Waals surface area contributed by atoms with Crippen molar-refractivity contribution in [3.8, 4) is 0 Å².